The lowest BCUT2D eigenvalue weighted by Gasteiger charge is -2.11. The van der Waals surface area contributed by atoms with Crippen LogP contribution >= 0.6 is 0 Å². The zero-order valence-corrected chi connectivity index (χ0v) is 7.12. The zero-order valence-electron chi connectivity index (χ0n) is 7.12. The molecule has 3 nitrogen and oxygen atoms in total. The van der Waals surface area contributed by atoms with Crippen molar-refractivity contribution in [2.45, 2.75) is 26.3 Å². The summed E-state index contributed by atoms with van der Waals surface area (Å²) in [7, 11) is 0. The Balaban J connectivity index is 2.73. The van der Waals surface area contributed by atoms with Gasteiger partial charge in [0, 0.05) is 12.7 Å². The van der Waals surface area contributed by atoms with Crippen LogP contribution < -0.4 is 5.73 Å². The van der Waals surface area contributed by atoms with Gasteiger partial charge >= 0.3 is 0 Å². The van der Waals surface area contributed by atoms with E-state index in [1.807, 2.05) is 23.9 Å². The number of hydrogen-bond acceptors (Lipinski definition) is 2. The molecule has 0 bridgehead atoms. The summed E-state index contributed by atoms with van der Waals surface area (Å²) in [6.07, 6.45) is 3.02. The van der Waals surface area contributed by atoms with Gasteiger partial charge in [-0.05, 0) is 19.4 Å². The summed E-state index contributed by atoms with van der Waals surface area (Å²) in [5.41, 5.74) is 6.62. The molecule has 0 aliphatic heterocycles. The molecule has 0 aliphatic carbocycles. The molecule has 1 aromatic heterocycles. The topological polar surface area (TPSA) is 43.8 Å². The first-order chi connectivity index (χ1) is 5.27. The van der Waals surface area contributed by atoms with Crippen molar-refractivity contribution >= 4 is 0 Å². The third-order valence-electron chi connectivity index (χ3n) is 1.86. The van der Waals surface area contributed by atoms with Crippen LogP contribution in [0.5, 0.6) is 0 Å². The van der Waals surface area contributed by atoms with Crippen LogP contribution in [0.2, 0.25) is 0 Å². The van der Waals surface area contributed by atoms with E-state index in [1.54, 1.807) is 0 Å². The number of nitrogens with two attached hydrogens (primary N) is 1. The van der Waals surface area contributed by atoms with Crippen molar-refractivity contribution < 1.29 is 0 Å². The Morgan fingerprint density at radius 1 is 1.73 bits per heavy atom. The van der Waals surface area contributed by atoms with Gasteiger partial charge in [0.1, 0.15) is 0 Å². The first kappa shape index (κ1) is 8.27. The molecule has 0 unspecified atom stereocenters. The third-order valence-corrected chi connectivity index (χ3v) is 1.86. The fourth-order valence-corrected chi connectivity index (χ4v) is 1.10. The second kappa shape index (κ2) is 3.53. The minimum absolute atomic E-state index is 0.365. The van der Waals surface area contributed by atoms with Gasteiger partial charge in [0.2, 0.25) is 0 Å². The van der Waals surface area contributed by atoms with Crippen molar-refractivity contribution in [1.82, 2.24) is 9.78 Å². The van der Waals surface area contributed by atoms with Crippen LogP contribution in [-0.2, 0) is 0 Å². The van der Waals surface area contributed by atoms with Crippen molar-refractivity contribution in [2.75, 3.05) is 6.54 Å². The summed E-state index contributed by atoms with van der Waals surface area (Å²) in [5.74, 6) is 0. The SMILES string of the molecule is CC[C@@H](CN)n1ccc(C)n1. The average Bonchev–Trinajstić information content (AvgIpc) is 2.39. The highest BCUT2D eigenvalue weighted by atomic mass is 15.3. The van der Waals surface area contributed by atoms with E-state index >= 15 is 0 Å². The predicted octanol–water partition coefficient (Wildman–Crippen LogP) is 1.10. The molecule has 1 rings (SSSR count). The average molecular weight is 153 g/mol. The smallest absolute Gasteiger partial charge is 0.0638 e. The molecule has 3 heteroatoms. The summed E-state index contributed by atoms with van der Waals surface area (Å²) >= 11 is 0. The van der Waals surface area contributed by atoms with Crippen LogP contribution in [0.4, 0.5) is 0 Å². The normalized spacial score (nSPS) is 13.4. The van der Waals surface area contributed by atoms with E-state index in [-0.39, 0.29) is 0 Å². The van der Waals surface area contributed by atoms with Crippen LogP contribution in [0.3, 0.4) is 0 Å². The van der Waals surface area contributed by atoms with Crippen molar-refractivity contribution in [1.29, 1.82) is 0 Å². The van der Waals surface area contributed by atoms with Gasteiger partial charge in [0.15, 0.2) is 0 Å². The zero-order chi connectivity index (χ0) is 8.27. The maximum Gasteiger partial charge on any atom is 0.0638 e. The number of nitrogens with zero attached hydrogens (tertiary/aromatic N) is 2. The van der Waals surface area contributed by atoms with Crippen LogP contribution in [0.25, 0.3) is 0 Å². The minimum atomic E-state index is 0.365. The summed E-state index contributed by atoms with van der Waals surface area (Å²) in [4.78, 5) is 0. The van der Waals surface area contributed by atoms with E-state index in [0.717, 1.165) is 12.1 Å². The Hall–Kier alpha value is -0.830. The molecule has 0 aliphatic rings. The third kappa shape index (κ3) is 1.80. The summed E-state index contributed by atoms with van der Waals surface area (Å²) in [6.45, 7) is 4.77. The lowest BCUT2D eigenvalue weighted by Crippen LogP contribution is -2.18. The molecule has 0 spiro atoms. The molecule has 11 heavy (non-hydrogen) atoms. The fraction of sp³-hybridized carbons (Fsp3) is 0.625. The number of rotatable bonds is 3. The Bertz CT molecular complexity index is 213. The molecular formula is C8H15N3. The van der Waals surface area contributed by atoms with E-state index in [1.165, 1.54) is 0 Å². The molecule has 0 radical (unpaired) electrons. The molecule has 0 amide bonds. The maximum absolute atomic E-state index is 5.56. The number of aryl methyl sites for hydroxylation is 1. The van der Waals surface area contributed by atoms with Gasteiger partial charge in [-0.3, -0.25) is 4.68 Å². The highest BCUT2D eigenvalue weighted by Crippen LogP contribution is 2.07. The molecule has 1 aromatic rings. The van der Waals surface area contributed by atoms with Gasteiger partial charge in [0.05, 0.1) is 11.7 Å². The molecule has 0 aromatic carbocycles. The van der Waals surface area contributed by atoms with Crippen molar-refractivity contribution in [3.63, 3.8) is 0 Å². The van der Waals surface area contributed by atoms with Crippen LogP contribution in [0, 0.1) is 6.92 Å². The van der Waals surface area contributed by atoms with E-state index in [0.29, 0.717) is 12.6 Å². The Morgan fingerprint density at radius 2 is 2.45 bits per heavy atom. The van der Waals surface area contributed by atoms with Crippen molar-refractivity contribution in [3.05, 3.63) is 18.0 Å². The predicted molar refractivity (Wildman–Crippen MR) is 45.3 cm³/mol. The van der Waals surface area contributed by atoms with Crippen LogP contribution in [0.1, 0.15) is 25.1 Å². The summed E-state index contributed by atoms with van der Waals surface area (Å²) in [5, 5.41) is 4.29. The highest BCUT2D eigenvalue weighted by molar-refractivity contribution is 4.96. The largest absolute Gasteiger partial charge is 0.328 e. The first-order valence-corrected chi connectivity index (χ1v) is 3.99. The van der Waals surface area contributed by atoms with Gasteiger partial charge in [-0.1, -0.05) is 6.92 Å². The molecule has 62 valence electrons. The quantitative estimate of drug-likeness (QED) is 0.706. The fourth-order valence-electron chi connectivity index (χ4n) is 1.10. The Labute approximate surface area is 67.2 Å². The highest BCUT2D eigenvalue weighted by Gasteiger charge is 2.05. The van der Waals surface area contributed by atoms with Crippen molar-refractivity contribution in [2.24, 2.45) is 5.73 Å². The van der Waals surface area contributed by atoms with Gasteiger partial charge in [-0.15, -0.1) is 0 Å². The Kier molecular flexibility index (Phi) is 2.65. The summed E-state index contributed by atoms with van der Waals surface area (Å²) < 4.78 is 1.94. The van der Waals surface area contributed by atoms with E-state index in [2.05, 4.69) is 12.0 Å². The lowest BCUT2D eigenvalue weighted by molar-refractivity contribution is 0.448. The van der Waals surface area contributed by atoms with Gasteiger partial charge in [-0.2, -0.15) is 5.10 Å². The molecule has 0 saturated carbocycles. The van der Waals surface area contributed by atoms with Gasteiger partial charge in [-0.25, -0.2) is 0 Å². The second-order valence-electron chi connectivity index (χ2n) is 2.73. The Morgan fingerprint density at radius 3 is 2.82 bits per heavy atom. The maximum atomic E-state index is 5.56. The summed E-state index contributed by atoms with van der Waals surface area (Å²) in [6, 6.07) is 2.36. The number of hydrogen-bond donors (Lipinski definition) is 1. The standard InChI is InChI=1S/C8H15N3/c1-3-8(6-9)11-5-4-7(2)10-11/h4-5,8H,3,6,9H2,1-2H3/t8-/m0/s1. The molecule has 1 atom stereocenters. The van der Waals surface area contributed by atoms with E-state index in [4.69, 9.17) is 5.73 Å². The minimum Gasteiger partial charge on any atom is -0.328 e. The van der Waals surface area contributed by atoms with E-state index in [9.17, 15) is 0 Å². The first-order valence-electron chi connectivity index (χ1n) is 3.99. The van der Waals surface area contributed by atoms with Crippen molar-refractivity contribution in [3.8, 4) is 0 Å². The monoisotopic (exact) mass is 153 g/mol. The van der Waals surface area contributed by atoms with Gasteiger partial charge < -0.3 is 5.73 Å². The molecule has 0 saturated heterocycles. The van der Waals surface area contributed by atoms with Crippen LogP contribution in [-0.4, -0.2) is 16.3 Å². The molecule has 1 heterocycles. The second-order valence-corrected chi connectivity index (χ2v) is 2.73. The molecular weight excluding hydrogens is 138 g/mol. The number of aromatic nitrogens is 2. The lowest BCUT2D eigenvalue weighted by atomic mass is 10.2. The molecule has 2 N–H and O–H groups in total. The van der Waals surface area contributed by atoms with Gasteiger partial charge in [0.25, 0.3) is 0 Å². The van der Waals surface area contributed by atoms with E-state index < -0.39 is 0 Å². The molecule has 0 fully saturated rings. The van der Waals surface area contributed by atoms with Crippen LogP contribution in [0.15, 0.2) is 12.3 Å².